The number of piperazine rings is 1. The number of methoxy groups -OCH3 is 1. The van der Waals surface area contributed by atoms with Crippen LogP contribution in [0.5, 0.6) is 5.75 Å². The summed E-state index contributed by atoms with van der Waals surface area (Å²) >= 11 is 19.1. The monoisotopic (exact) mass is 610 g/mol. The zero-order valence-corrected chi connectivity index (χ0v) is 25.7. The van der Waals surface area contributed by atoms with Crippen molar-refractivity contribution < 1.29 is 4.74 Å². The topological polar surface area (TPSA) is 50.8 Å². The second-order valence-corrected chi connectivity index (χ2v) is 13.6. The van der Waals surface area contributed by atoms with E-state index in [9.17, 15) is 0 Å². The predicted octanol–water partition coefficient (Wildman–Crippen LogP) is 6.86. The van der Waals surface area contributed by atoms with Gasteiger partial charge < -0.3 is 9.64 Å². The number of hydrogen-bond acceptors (Lipinski definition) is 6. The maximum Gasteiger partial charge on any atom is 0.220 e. The van der Waals surface area contributed by atoms with Gasteiger partial charge in [0.25, 0.3) is 0 Å². The number of nitrogens with zero attached hydrogens (tertiary/aromatic N) is 6. The van der Waals surface area contributed by atoms with E-state index in [1.54, 1.807) is 13.3 Å². The van der Waals surface area contributed by atoms with Crippen LogP contribution in [-0.4, -0.2) is 58.9 Å². The number of halogens is 2. The van der Waals surface area contributed by atoms with E-state index in [-0.39, 0.29) is 5.41 Å². The molecule has 0 radical (unpaired) electrons. The molecule has 3 aromatic rings. The van der Waals surface area contributed by atoms with E-state index in [1.807, 2.05) is 39.7 Å². The van der Waals surface area contributed by atoms with E-state index in [4.69, 9.17) is 50.4 Å². The molecular weight excluding hydrogens is 575 g/mol. The molecule has 5 fully saturated rings. The van der Waals surface area contributed by atoms with E-state index in [1.165, 1.54) is 38.5 Å². The molecule has 1 saturated heterocycles. The highest BCUT2D eigenvalue weighted by Gasteiger charge is 2.54. The normalized spacial score (nSPS) is 27.7. The number of hydrogen-bond donors (Lipinski definition) is 0. The van der Waals surface area contributed by atoms with Crippen molar-refractivity contribution in [1.29, 1.82) is 0 Å². The van der Waals surface area contributed by atoms with Crippen molar-refractivity contribution in [2.45, 2.75) is 50.6 Å². The third-order valence-electron chi connectivity index (χ3n) is 9.76. The van der Waals surface area contributed by atoms with Crippen LogP contribution in [0.2, 0.25) is 10.0 Å². The Morgan fingerprint density at radius 2 is 1.59 bits per heavy atom. The Morgan fingerprint density at radius 1 is 0.951 bits per heavy atom. The zero-order chi connectivity index (χ0) is 28.1. The van der Waals surface area contributed by atoms with Crippen LogP contribution in [0.3, 0.4) is 0 Å². The predicted molar refractivity (Wildman–Crippen MR) is 167 cm³/mol. The summed E-state index contributed by atoms with van der Waals surface area (Å²) in [6, 6.07) is 13.8. The summed E-state index contributed by atoms with van der Waals surface area (Å²) in [6.45, 7) is 4.31. The van der Waals surface area contributed by atoms with Crippen LogP contribution in [0.4, 0.5) is 5.69 Å². The second kappa shape index (κ2) is 11.0. The smallest absolute Gasteiger partial charge is 0.220 e. The summed E-state index contributed by atoms with van der Waals surface area (Å²) < 4.78 is 10.2. The van der Waals surface area contributed by atoms with Gasteiger partial charge in [0, 0.05) is 37.2 Å². The summed E-state index contributed by atoms with van der Waals surface area (Å²) in [5.74, 6) is 4.31. The summed E-state index contributed by atoms with van der Waals surface area (Å²) in [4.78, 5) is 4.82. The molecule has 4 saturated carbocycles. The van der Waals surface area contributed by atoms with Crippen LogP contribution in [-0.2, 0) is 12.1 Å². The van der Waals surface area contributed by atoms with E-state index >= 15 is 0 Å². The Morgan fingerprint density at radius 3 is 2.22 bits per heavy atom. The van der Waals surface area contributed by atoms with E-state index < -0.39 is 0 Å². The number of benzene rings is 2. The lowest BCUT2D eigenvalue weighted by atomic mass is 9.49. The van der Waals surface area contributed by atoms with Crippen LogP contribution >= 0.6 is 35.4 Å². The van der Waals surface area contributed by atoms with Crippen molar-refractivity contribution in [3.63, 3.8) is 0 Å². The van der Waals surface area contributed by atoms with Gasteiger partial charge in [-0.05, 0) is 92.8 Å². The molecule has 0 unspecified atom stereocenters. The van der Waals surface area contributed by atoms with Crippen LogP contribution in [0, 0.1) is 22.5 Å². The third-order valence-corrected chi connectivity index (χ3v) is 10.8. The number of aromatic nitrogens is 3. The standard InChI is InChI=1S/C31H36Cl2N6OS/c1-40-28-8-3-2-7-27(28)37-11-9-36(10-12-37)20-38-30(41)39(34-19-24-25(32)5-4-6-26(24)33)29(35-38)31-16-21-13-22(17-31)15-23(14-21)18-31/h2-8,19,21-23H,9-18,20H2,1H3/b34-19+. The molecule has 1 aromatic heterocycles. The molecular formula is C31H36Cl2N6OS. The molecule has 0 atom stereocenters. The van der Waals surface area contributed by atoms with Gasteiger partial charge in [0.05, 0.1) is 35.7 Å². The van der Waals surface area contributed by atoms with E-state index in [0.717, 1.165) is 61.2 Å². The van der Waals surface area contributed by atoms with Crippen molar-refractivity contribution in [2.24, 2.45) is 22.9 Å². The van der Waals surface area contributed by atoms with E-state index in [2.05, 4.69) is 21.9 Å². The Kier molecular flexibility index (Phi) is 7.38. The fraction of sp³-hybridized carbons (Fsp3) is 0.516. The molecule has 7 nitrogen and oxygen atoms in total. The minimum absolute atomic E-state index is 0.0394. The molecule has 0 N–H and O–H groups in total. The third kappa shape index (κ3) is 5.11. The van der Waals surface area contributed by atoms with Crippen molar-refractivity contribution in [3.8, 4) is 5.75 Å². The van der Waals surface area contributed by atoms with Gasteiger partial charge in [-0.1, -0.05) is 41.4 Å². The first-order chi connectivity index (χ1) is 19.9. The molecule has 4 bridgehead atoms. The first-order valence-corrected chi connectivity index (χ1v) is 15.9. The Bertz CT molecular complexity index is 1470. The van der Waals surface area contributed by atoms with Crippen LogP contribution in [0.15, 0.2) is 47.6 Å². The highest BCUT2D eigenvalue weighted by atomic mass is 35.5. The van der Waals surface area contributed by atoms with Crippen LogP contribution in [0.1, 0.15) is 49.9 Å². The average molecular weight is 612 g/mol. The van der Waals surface area contributed by atoms with Gasteiger partial charge in [0.2, 0.25) is 4.77 Å². The SMILES string of the molecule is COc1ccccc1N1CCN(Cn2nc(C34CC5CC(CC(C5)C3)C4)n(/N=C/c3c(Cl)cccc3Cl)c2=S)CC1. The van der Waals surface area contributed by atoms with Crippen molar-refractivity contribution in [2.75, 3.05) is 38.2 Å². The van der Waals surface area contributed by atoms with Gasteiger partial charge >= 0.3 is 0 Å². The molecule has 4 aliphatic carbocycles. The van der Waals surface area contributed by atoms with E-state index in [0.29, 0.717) is 27.0 Å². The second-order valence-electron chi connectivity index (χ2n) is 12.4. The summed E-state index contributed by atoms with van der Waals surface area (Å²) in [5.41, 5.74) is 1.89. The first-order valence-electron chi connectivity index (χ1n) is 14.7. The number of anilines is 1. The Hall–Kier alpha value is -2.39. The number of rotatable bonds is 7. The first kappa shape index (κ1) is 27.4. The fourth-order valence-corrected chi connectivity index (χ4v) is 9.00. The van der Waals surface area contributed by atoms with Crippen LogP contribution < -0.4 is 9.64 Å². The maximum absolute atomic E-state index is 6.49. The molecule has 8 rings (SSSR count). The molecule has 0 spiro atoms. The Labute approximate surface area is 256 Å². The average Bonchev–Trinajstić information content (AvgIpc) is 3.28. The minimum atomic E-state index is 0.0394. The molecule has 5 aliphatic rings. The van der Waals surface area contributed by atoms with Crippen LogP contribution in [0.25, 0.3) is 0 Å². The molecule has 10 heteroatoms. The molecule has 216 valence electrons. The number of ether oxygens (including phenoxy) is 1. The fourth-order valence-electron chi connectivity index (χ4n) is 8.27. The largest absolute Gasteiger partial charge is 0.495 e. The quantitative estimate of drug-likeness (QED) is 0.216. The highest BCUT2D eigenvalue weighted by molar-refractivity contribution is 7.71. The van der Waals surface area contributed by atoms with Gasteiger partial charge in [-0.25, -0.2) is 4.68 Å². The molecule has 1 aliphatic heterocycles. The molecule has 2 aromatic carbocycles. The Balaban J connectivity index is 1.18. The summed E-state index contributed by atoms with van der Waals surface area (Å²) in [5, 5.41) is 11.4. The van der Waals surface area contributed by atoms with Gasteiger partial charge in [-0.3, -0.25) is 4.90 Å². The van der Waals surface area contributed by atoms with Gasteiger partial charge in [-0.15, -0.1) is 0 Å². The summed E-state index contributed by atoms with van der Waals surface area (Å²) in [6.07, 6.45) is 9.42. The maximum atomic E-state index is 6.49. The zero-order valence-electron chi connectivity index (χ0n) is 23.4. The lowest BCUT2D eigenvalue weighted by Gasteiger charge is -2.55. The van der Waals surface area contributed by atoms with Gasteiger partial charge in [0.15, 0.2) is 5.82 Å². The van der Waals surface area contributed by atoms with Crippen molar-refractivity contribution >= 4 is 47.3 Å². The summed E-state index contributed by atoms with van der Waals surface area (Å²) in [7, 11) is 1.73. The molecule has 2 heterocycles. The van der Waals surface area contributed by atoms with Crippen molar-refractivity contribution in [1.82, 2.24) is 19.4 Å². The van der Waals surface area contributed by atoms with Gasteiger partial charge in [0.1, 0.15) is 5.75 Å². The van der Waals surface area contributed by atoms with Gasteiger partial charge in [-0.2, -0.15) is 14.9 Å². The highest BCUT2D eigenvalue weighted by Crippen LogP contribution is 2.60. The number of para-hydroxylation sites is 2. The lowest BCUT2D eigenvalue weighted by molar-refractivity contribution is -0.0112. The molecule has 0 amide bonds. The minimum Gasteiger partial charge on any atom is -0.495 e. The molecule has 41 heavy (non-hydrogen) atoms. The lowest BCUT2D eigenvalue weighted by Crippen LogP contribution is -2.49. The van der Waals surface area contributed by atoms with Crippen molar-refractivity contribution in [3.05, 3.63) is 68.7 Å².